The standard InChI is InChI=1S/C16H13BrN2O2S/c17-15-6-1-7-16-14(15)8-10-19(16)22(20,21)11-3-5-13-4-2-9-18-12-13/h1-10,12H,11H2. The Hall–Kier alpha value is -1.92. The molecular formula is C16H13BrN2O2S. The zero-order valence-corrected chi connectivity index (χ0v) is 14.0. The molecule has 0 bridgehead atoms. The molecule has 22 heavy (non-hydrogen) atoms. The van der Waals surface area contributed by atoms with Crippen LogP contribution in [0, 0.1) is 0 Å². The van der Waals surface area contributed by atoms with Crippen molar-refractivity contribution in [1.82, 2.24) is 8.96 Å². The zero-order chi connectivity index (χ0) is 15.6. The van der Waals surface area contributed by atoms with Crippen molar-refractivity contribution in [2.24, 2.45) is 0 Å². The number of hydrogen-bond donors (Lipinski definition) is 0. The van der Waals surface area contributed by atoms with Gasteiger partial charge in [0.15, 0.2) is 0 Å². The fourth-order valence-electron chi connectivity index (χ4n) is 2.21. The number of aromatic nitrogens is 2. The first-order chi connectivity index (χ1) is 10.6. The lowest BCUT2D eigenvalue weighted by molar-refractivity contribution is 0.592. The normalized spacial score (nSPS) is 12.2. The van der Waals surface area contributed by atoms with E-state index in [2.05, 4.69) is 20.9 Å². The summed E-state index contributed by atoms with van der Waals surface area (Å²) in [5, 5.41) is 0.877. The molecule has 0 spiro atoms. The first-order valence-electron chi connectivity index (χ1n) is 6.63. The van der Waals surface area contributed by atoms with Gasteiger partial charge in [0.2, 0.25) is 10.0 Å². The van der Waals surface area contributed by atoms with Crippen molar-refractivity contribution in [3.63, 3.8) is 0 Å². The summed E-state index contributed by atoms with van der Waals surface area (Å²) in [4.78, 5) is 3.99. The minimum absolute atomic E-state index is 0.0712. The summed E-state index contributed by atoms with van der Waals surface area (Å²) in [5.74, 6) is -0.0712. The summed E-state index contributed by atoms with van der Waals surface area (Å²) in [7, 11) is -3.44. The van der Waals surface area contributed by atoms with Crippen molar-refractivity contribution in [3.05, 3.63) is 71.1 Å². The third-order valence-electron chi connectivity index (χ3n) is 3.25. The Morgan fingerprint density at radius 1 is 1.18 bits per heavy atom. The Bertz CT molecular complexity index is 931. The van der Waals surface area contributed by atoms with Crippen molar-refractivity contribution in [1.29, 1.82) is 0 Å². The monoisotopic (exact) mass is 376 g/mol. The van der Waals surface area contributed by atoms with E-state index in [0.29, 0.717) is 5.52 Å². The first kappa shape index (κ1) is 15.0. The third-order valence-corrected chi connectivity index (χ3v) is 5.47. The van der Waals surface area contributed by atoms with E-state index in [1.165, 1.54) is 3.97 Å². The predicted molar refractivity (Wildman–Crippen MR) is 92.1 cm³/mol. The van der Waals surface area contributed by atoms with Crippen LogP contribution >= 0.6 is 15.9 Å². The highest BCUT2D eigenvalue weighted by Crippen LogP contribution is 2.25. The molecule has 0 saturated heterocycles. The van der Waals surface area contributed by atoms with E-state index in [0.717, 1.165) is 15.4 Å². The van der Waals surface area contributed by atoms with Gasteiger partial charge in [-0.2, -0.15) is 0 Å². The first-order valence-corrected chi connectivity index (χ1v) is 9.03. The average molecular weight is 377 g/mol. The van der Waals surface area contributed by atoms with Crippen LogP contribution in [-0.2, 0) is 10.0 Å². The quantitative estimate of drug-likeness (QED) is 0.697. The number of halogens is 1. The van der Waals surface area contributed by atoms with Gasteiger partial charge in [0.05, 0.1) is 11.3 Å². The van der Waals surface area contributed by atoms with Crippen LogP contribution in [0.4, 0.5) is 0 Å². The molecule has 0 aliphatic carbocycles. The fraction of sp³-hybridized carbons (Fsp3) is 0.0625. The van der Waals surface area contributed by atoms with Crippen molar-refractivity contribution in [2.45, 2.75) is 0 Å². The lowest BCUT2D eigenvalue weighted by Crippen LogP contribution is -2.14. The summed E-state index contributed by atoms with van der Waals surface area (Å²) in [6, 6.07) is 11.0. The largest absolute Gasteiger partial charge is 0.264 e. The van der Waals surface area contributed by atoms with Gasteiger partial charge in [-0.1, -0.05) is 40.2 Å². The Morgan fingerprint density at radius 3 is 2.82 bits per heavy atom. The van der Waals surface area contributed by atoms with Crippen molar-refractivity contribution >= 4 is 42.9 Å². The van der Waals surface area contributed by atoms with Crippen LogP contribution in [0.3, 0.4) is 0 Å². The van der Waals surface area contributed by atoms with Gasteiger partial charge in [-0.15, -0.1) is 0 Å². The second-order valence-corrected chi connectivity index (χ2v) is 7.50. The SMILES string of the molecule is O=S(=O)(CC=Cc1cccnc1)n1ccc2c(Br)cccc21. The molecular weight excluding hydrogens is 364 g/mol. The Kier molecular flexibility index (Phi) is 4.13. The second kappa shape index (κ2) is 6.06. The van der Waals surface area contributed by atoms with E-state index in [1.807, 2.05) is 24.3 Å². The summed E-state index contributed by atoms with van der Waals surface area (Å²) in [6.45, 7) is 0. The second-order valence-electron chi connectivity index (χ2n) is 4.75. The van der Waals surface area contributed by atoms with Gasteiger partial charge in [-0.25, -0.2) is 12.4 Å². The van der Waals surface area contributed by atoms with Crippen LogP contribution in [0.15, 0.2) is 65.5 Å². The predicted octanol–water partition coefficient (Wildman–Crippen LogP) is 3.69. The molecule has 0 fully saturated rings. The molecule has 3 aromatic rings. The maximum Gasteiger partial charge on any atom is 0.242 e. The maximum absolute atomic E-state index is 12.5. The van der Waals surface area contributed by atoms with Crippen molar-refractivity contribution < 1.29 is 8.42 Å². The number of fused-ring (bicyclic) bond motifs is 1. The summed E-state index contributed by atoms with van der Waals surface area (Å²) in [5.41, 5.74) is 1.54. The maximum atomic E-state index is 12.5. The van der Waals surface area contributed by atoms with Crippen LogP contribution in [0.25, 0.3) is 17.0 Å². The molecule has 0 N–H and O–H groups in total. The van der Waals surface area contributed by atoms with Crippen molar-refractivity contribution in [2.75, 3.05) is 5.75 Å². The number of benzene rings is 1. The van der Waals surface area contributed by atoms with Crippen LogP contribution in [0.1, 0.15) is 5.56 Å². The Balaban J connectivity index is 1.89. The summed E-state index contributed by atoms with van der Waals surface area (Å²) >= 11 is 3.43. The van der Waals surface area contributed by atoms with Gasteiger partial charge < -0.3 is 0 Å². The summed E-state index contributed by atoms with van der Waals surface area (Å²) in [6.07, 6.45) is 8.34. The Morgan fingerprint density at radius 2 is 2.05 bits per heavy atom. The van der Waals surface area contributed by atoms with Gasteiger partial charge in [0.25, 0.3) is 0 Å². The molecule has 6 heteroatoms. The highest BCUT2D eigenvalue weighted by Gasteiger charge is 2.14. The zero-order valence-electron chi connectivity index (χ0n) is 11.6. The lowest BCUT2D eigenvalue weighted by atomic mass is 10.3. The minimum atomic E-state index is -3.44. The molecule has 0 atom stereocenters. The van der Waals surface area contributed by atoms with Gasteiger partial charge in [0, 0.05) is 28.4 Å². The van der Waals surface area contributed by atoms with E-state index in [4.69, 9.17) is 0 Å². The van der Waals surface area contributed by atoms with Crippen LogP contribution in [0.2, 0.25) is 0 Å². The van der Waals surface area contributed by atoms with Gasteiger partial charge in [0.1, 0.15) is 0 Å². The Labute approximate surface area is 137 Å². The van der Waals surface area contributed by atoms with Gasteiger partial charge in [-0.3, -0.25) is 4.98 Å². The molecule has 2 heterocycles. The molecule has 0 aliphatic rings. The highest BCUT2D eigenvalue weighted by atomic mass is 79.9. The average Bonchev–Trinajstić information content (AvgIpc) is 2.94. The number of hydrogen-bond acceptors (Lipinski definition) is 3. The molecule has 112 valence electrons. The van der Waals surface area contributed by atoms with Crippen LogP contribution < -0.4 is 0 Å². The number of pyridine rings is 1. The molecule has 3 rings (SSSR count). The van der Waals surface area contributed by atoms with Crippen molar-refractivity contribution in [3.8, 4) is 0 Å². The van der Waals surface area contributed by atoms with E-state index >= 15 is 0 Å². The smallest absolute Gasteiger partial charge is 0.242 e. The molecule has 0 saturated carbocycles. The number of nitrogens with zero attached hydrogens (tertiary/aromatic N) is 2. The van der Waals surface area contributed by atoms with E-state index < -0.39 is 10.0 Å². The number of rotatable bonds is 4. The molecule has 1 aromatic carbocycles. The van der Waals surface area contributed by atoms with E-state index in [1.54, 1.807) is 42.9 Å². The molecule has 2 aromatic heterocycles. The molecule has 0 amide bonds. The molecule has 4 nitrogen and oxygen atoms in total. The molecule has 0 unspecified atom stereocenters. The summed E-state index contributed by atoms with van der Waals surface area (Å²) < 4.78 is 27.2. The molecule has 0 aliphatic heterocycles. The van der Waals surface area contributed by atoms with Crippen LogP contribution in [-0.4, -0.2) is 23.1 Å². The van der Waals surface area contributed by atoms with E-state index in [-0.39, 0.29) is 5.75 Å². The van der Waals surface area contributed by atoms with Gasteiger partial charge in [-0.05, 0) is 29.8 Å². The van der Waals surface area contributed by atoms with Gasteiger partial charge >= 0.3 is 0 Å². The fourth-order valence-corrected chi connectivity index (χ4v) is 3.90. The topological polar surface area (TPSA) is 52.0 Å². The van der Waals surface area contributed by atoms with E-state index in [9.17, 15) is 8.42 Å². The third kappa shape index (κ3) is 2.98. The molecule has 0 radical (unpaired) electrons. The lowest BCUT2D eigenvalue weighted by Gasteiger charge is -2.05. The minimum Gasteiger partial charge on any atom is -0.264 e. The highest BCUT2D eigenvalue weighted by molar-refractivity contribution is 9.10. The van der Waals surface area contributed by atoms with Crippen LogP contribution in [0.5, 0.6) is 0 Å².